The van der Waals surface area contributed by atoms with Gasteiger partial charge >= 0.3 is 0 Å². The van der Waals surface area contributed by atoms with Crippen molar-refractivity contribution >= 4 is 39.0 Å². The van der Waals surface area contributed by atoms with E-state index in [1.807, 2.05) is 17.9 Å². The molecule has 4 heterocycles. The van der Waals surface area contributed by atoms with Crippen LogP contribution in [-0.2, 0) is 11.8 Å². The van der Waals surface area contributed by atoms with E-state index in [2.05, 4.69) is 39.2 Å². The maximum Gasteiger partial charge on any atom is 0.224 e. The summed E-state index contributed by atoms with van der Waals surface area (Å²) in [6.07, 6.45) is 1.88. The van der Waals surface area contributed by atoms with Crippen LogP contribution in [0.2, 0.25) is 5.28 Å². The molecule has 8 heteroatoms. The van der Waals surface area contributed by atoms with Gasteiger partial charge in [0.25, 0.3) is 0 Å². The minimum atomic E-state index is 0.263. The van der Waals surface area contributed by atoms with Gasteiger partial charge in [-0.25, -0.2) is 4.98 Å². The summed E-state index contributed by atoms with van der Waals surface area (Å²) in [6.45, 7) is 6.40. The summed E-state index contributed by atoms with van der Waals surface area (Å²) >= 11 is 7.91. The first-order chi connectivity index (χ1) is 11.6. The Morgan fingerprint density at radius 3 is 2.88 bits per heavy atom. The Balaban J connectivity index is 1.90. The lowest BCUT2D eigenvalue weighted by molar-refractivity contribution is 0.0987. The van der Waals surface area contributed by atoms with Crippen LogP contribution in [-0.4, -0.2) is 45.5 Å². The van der Waals surface area contributed by atoms with Crippen molar-refractivity contribution in [1.82, 2.24) is 19.7 Å². The second-order valence-corrected chi connectivity index (χ2v) is 7.25. The van der Waals surface area contributed by atoms with Crippen molar-refractivity contribution in [3.05, 3.63) is 22.6 Å². The third-order valence-corrected chi connectivity index (χ3v) is 5.67. The second-order valence-electron chi connectivity index (χ2n) is 6.03. The number of nitrogens with zero attached hydrogens (tertiary/aromatic N) is 5. The average Bonchev–Trinajstić information content (AvgIpc) is 3.11. The van der Waals surface area contributed by atoms with E-state index in [0.29, 0.717) is 13.2 Å². The minimum Gasteiger partial charge on any atom is -0.377 e. The first-order valence-electron chi connectivity index (χ1n) is 7.84. The number of aryl methyl sites for hydroxylation is 1. The maximum atomic E-state index is 6.26. The first-order valence-corrected chi connectivity index (χ1v) is 9.10. The molecule has 0 spiro atoms. The Kier molecular flexibility index (Phi) is 3.94. The zero-order valence-corrected chi connectivity index (χ0v) is 15.4. The molecule has 0 aliphatic carbocycles. The summed E-state index contributed by atoms with van der Waals surface area (Å²) in [5.41, 5.74) is 4.14. The van der Waals surface area contributed by atoms with Gasteiger partial charge in [-0.15, -0.1) is 11.3 Å². The van der Waals surface area contributed by atoms with E-state index in [4.69, 9.17) is 16.3 Å². The largest absolute Gasteiger partial charge is 0.377 e. The standard InChI is InChI=1S/C16H18ClN5OS/c1-9-7-23-5-4-22(9)15-14-13(19-16(17)20-15)12(8-24-14)11-6-18-21(3)10(11)2/h6,8-9H,4-5,7H2,1-3H3/t9-/m1/s1. The molecule has 3 aromatic heterocycles. The number of ether oxygens (including phenoxy) is 1. The van der Waals surface area contributed by atoms with Crippen molar-refractivity contribution in [3.63, 3.8) is 0 Å². The third kappa shape index (κ3) is 2.47. The lowest BCUT2D eigenvalue weighted by Crippen LogP contribution is -2.44. The van der Waals surface area contributed by atoms with Crippen molar-refractivity contribution in [2.24, 2.45) is 7.05 Å². The van der Waals surface area contributed by atoms with Crippen molar-refractivity contribution in [1.29, 1.82) is 0 Å². The van der Waals surface area contributed by atoms with Crippen LogP contribution in [0.4, 0.5) is 5.82 Å². The molecular formula is C16H18ClN5OS. The molecule has 0 saturated carbocycles. The van der Waals surface area contributed by atoms with E-state index >= 15 is 0 Å². The molecule has 1 aliphatic heterocycles. The average molecular weight is 364 g/mol. The van der Waals surface area contributed by atoms with Crippen LogP contribution < -0.4 is 4.90 Å². The number of morpholine rings is 1. The molecule has 0 amide bonds. The summed E-state index contributed by atoms with van der Waals surface area (Å²) in [6, 6.07) is 0.263. The van der Waals surface area contributed by atoms with Gasteiger partial charge in [-0.05, 0) is 25.4 Å². The molecular weight excluding hydrogens is 346 g/mol. The summed E-state index contributed by atoms with van der Waals surface area (Å²) in [4.78, 5) is 11.3. The predicted octanol–water partition coefficient (Wildman–Crippen LogP) is 3.28. The van der Waals surface area contributed by atoms with E-state index in [1.165, 1.54) is 0 Å². The van der Waals surface area contributed by atoms with Crippen molar-refractivity contribution in [3.8, 4) is 11.1 Å². The molecule has 0 aromatic carbocycles. The summed E-state index contributed by atoms with van der Waals surface area (Å²) in [5, 5.41) is 6.74. The van der Waals surface area contributed by atoms with Crippen molar-refractivity contribution in [2.75, 3.05) is 24.7 Å². The highest BCUT2D eigenvalue weighted by Crippen LogP contribution is 2.39. The monoisotopic (exact) mass is 363 g/mol. The molecule has 0 N–H and O–H groups in total. The highest BCUT2D eigenvalue weighted by molar-refractivity contribution is 7.18. The summed E-state index contributed by atoms with van der Waals surface area (Å²) < 4.78 is 8.47. The van der Waals surface area contributed by atoms with Gasteiger partial charge in [0.1, 0.15) is 0 Å². The number of aromatic nitrogens is 4. The van der Waals surface area contributed by atoms with Gasteiger partial charge in [-0.3, -0.25) is 4.68 Å². The minimum absolute atomic E-state index is 0.263. The van der Waals surface area contributed by atoms with Gasteiger partial charge in [-0.2, -0.15) is 10.1 Å². The Morgan fingerprint density at radius 2 is 2.17 bits per heavy atom. The lowest BCUT2D eigenvalue weighted by Gasteiger charge is -2.34. The van der Waals surface area contributed by atoms with E-state index in [1.54, 1.807) is 11.3 Å². The Morgan fingerprint density at radius 1 is 1.33 bits per heavy atom. The Labute approximate surface area is 149 Å². The fourth-order valence-corrected chi connectivity index (χ4v) is 4.24. The summed E-state index contributed by atoms with van der Waals surface area (Å²) in [7, 11) is 1.94. The van der Waals surface area contributed by atoms with Gasteiger partial charge < -0.3 is 9.64 Å². The molecule has 126 valence electrons. The van der Waals surface area contributed by atoms with Crippen LogP contribution >= 0.6 is 22.9 Å². The van der Waals surface area contributed by atoms with Gasteiger partial charge in [0.05, 0.1) is 35.7 Å². The van der Waals surface area contributed by atoms with Gasteiger partial charge in [-0.1, -0.05) is 0 Å². The fraction of sp³-hybridized carbons (Fsp3) is 0.438. The number of anilines is 1. The highest BCUT2D eigenvalue weighted by Gasteiger charge is 2.25. The van der Waals surface area contributed by atoms with Crippen molar-refractivity contribution in [2.45, 2.75) is 19.9 Å². The third-order valence-electron chi connectivity index (χ3n) is 4.54. The first kappa shape index (κ1) is 15.8. The zero-order chi connectivity index (χ0) is 16.8. The smallest absolute Gasteiger partial charge is 0.224 e. The molecule has 24 heavy (non-hydrogen) atoms. The maximum absolute atomic E-state index is 6.26. The second kappa shape index (κ2) is 5.98. The quantitative estimate of drug-likeness (QED) is 0.654. The number of rotatable bonds is 2. The molecule has 6 nitrogen and oxygen atoms in total. The number of hydrogen-bond donors (Lipinski definition) is 0. The van der Waals surface area contributed by atoms with E-state index in [-0.39, 0.29) is 11.3 Å². The number of thiophene rings is 1. The SMILES string of the molecule is Cc1c(-c2csc3c(N4CCOC[C@H]4C)nc(Cl)nc23)cnn1C. The molecule has 1 saturated heterocycles. The molecule has 3 aromatic rings. The molecule has 0 bridgehead atoms. The van der Waals surface area contributed by atoms with E-state index in [9.17, 15) is 0 Å². The normalized spacial score (nSPS) is 18.5. The zero-order valence-electron chi connectivity index (χ0n) is 13.8. The van der Waals surface area contributed by atoms with Crippen LogP contribution in [0, 0.1) is 6.92 Å². The van der Waals surface area contributed by atoms with Crippen LogP contribution in [0.25, 0.3) is 21.3 Å². The number of halogens is 1. The summed E-state index contributed by atoms with van der Waals surface area (Å²) in [5.74, 6) is 0.901. The lowest BCUT2D eigenvalue weighted by atomic mass is 10.1. The van der Waals surface area contributed by atoms with E-state index < -0.39 is 0 Å². The van der Waals surface area contributed by atoms with Crippen LogP contribution in [0.15, 0.2) is 11.6 Å². The molecule has 1 atom stereocenters. The fourth-order valence-electron chi connectivity index (χ4n) is 3.07. The predicted molar refractivity (Wildman–Crippen MR) is 97.0 cm³/mol. The number of fused-ring (bicyclic) bond motifs is 1. The molecule has 0 radical (unpaired) electrons. The van der Waals surface area contributed by atoms with E-state index in [0.717, 1.165) is 39.4 Å². The van der Waals surface area contributed by atoms with Gasteiger partial charge in [0.2, 0.25) is 5.28 Å². The Bertz CT molecular complexity index is 905. The molecule has 0 unspecified atom stereocenters. The van der Waals surface area contributed by atoms with Gasteiger partial charge in [0, 0.05) is 35.8 Å². The highest BCUT2D eigenvalue weighted by atomic mass is 35.5. The Hall–Kier alpha value is -1.70. The van der Waals surface area contributed by atoms with Crippen molar-refractivity contribution < 1.29 is 4.74 Å². The van der Waals surface area contributed by atoms with Gasteiger partial charge in [0.15, 0.2) is 5.82 Å². The number of hydrogen-bond acceptors (Lipinski definition) is 6. The molecule has 4 rings (SSSR count). The van der Waals surface area contributed by atoms with Crippen LogP contribution in [0.1, 0.15) is 12.6 Å². The topological polar surface area (TPSA) is 56.1 Å². The van der Waals surface area contributed by atoms with Crippen LogP contribution in [0.5, 0.6) is 0 Å². The molecule has 1 aliphatic rings. The van der Waals surface area contributed by atoms with Crippen LogP contribution in [0.3, 0.4) is 0 Å². The molecule has 1 fully saturated rings.